The number of thioether (sulfide) groups is 1. The number of amides is 1. The number of aliphatic imine (C=N–C) groups is 1. The van der Waals surface area contributed by atoms with Gasteiger partial charge in [-0.25, -0.2) is 4.39 Å². The topological polar surface area (TPSA) is 76.7 Å². The van der Waals surface area contributed by atoms with Crippen molar-refractivity contribution in [3.63, 3.8) is 0 Å². The van der Waals surface area contributed by atoms with Gasteiger partial charge in [0, 0.05) is 5.75 Å². The van der Waals surface area contributed by atoms with Crippen molar-refractivity contribution in [2.45, 2.75) is 25.3 Å². The summed E-state index contributed by atoms with van der Waals surface area (Å²) in [6.45, 7) is 1.97. The quantitative estimate of drug-likeness (QED) is 0.820. The highest BCUT2D eigenvalue weighted by Crippen LogP contribution is 2.36. The summed E-state index contributed by atoms with van der Waals surface area (Å²) < 4.78 is 19.4. The van der Waals surface area contributed by atoms with Gasteiger partial charge in [0.25, 0.3) is 0 Å². The standard InChI is InChI=1S/C20H22FN3O2S/c1-20(8-9-27-19(22)24-20)14-6-7-16(21)17(12-14)23-18(25)11-13-4-3-5-15(10-13)26-2/h3-7,10,12H,8-9,11H2,1-2H3,(H2,22,24)(H,23,25). The molecule has 27 heavy (non-hydrogen) atoms. The summed E-state index contributed by atoms with van der Waals surface area (Å²) in [5, 5.41) is 3.19. The zero-order chi connectivity index (χ0) is 19.4. The molecular formula is C20H22FN3O2S. The molecule has 0 aromatic heterocycles. The number of benzene rings is 2. The molecule has 5 nitrogen and oxygen atoms in total. The summed E-state index contributed by atoms with van der Waals surface area (Å²) in [6, 6.07) is 11.9. The van der Waals surface area contributed by atoms with E-state index >= 15 is 0 Å². The SMILES string of the molecule is COc1cccc(CC(=O)Nc2cc(C3(C)CCSC(N)=N3)ccc2F)c1. The minimum absolute atomic E-state index is 0.125. The highest BCUT2D eigenvalue weighted by molar-refractivity contribution is 8.13. The maximum Gasteiger partial charge on any atom is 0.228 e. The second kappa shape index (κ2) is 8.00. The number of amidine groups is 1. The van der Waals surface area contributed by atoms with Crippen molar-refractivity contribution in [1.29, 1.82) is 0 Å². The molecule has 1 aliphatic heterocycles. The molecule has 0 radical (unpaired) electrons. The number of nitrogens with two attached hydrogens (primary N) is 1. The first-order valence-electron chi connectivity index (χ1n) is 8.60. The van der Waals surface area contributed by atoms with Gasteiger partial charge in [-0.15, -0.1) is 0 Å². The third-order valence-electron chi connectivity index (χ3n) is 4.56. The minimum Gasteiger partial charge on any atom is -0.497 e. The number of rotatable bonds is 5. The molecule has 1 atom stereocenters. The lowest BCUT2D eigenvalue weighted by Crippen LogP contribution is -2.29. The van der Waals surface area contributed by atoms with Crippen LogP contribution in [-0.4, -0.2) is 23.9 Å². The average Bonchev–Trinajstić information content (AvgIpc) is 2.63. The van der Waals surface area contributed by atoms with Gasteiger partial charge in [-0.05, 0) is 48.7 Å². The molecule has 0 bridgehead atoms. The lowest BCUT2D eigenvalue weighted by Gasteiger charge is -2.30. The Bertz CT molecular complexity index is 887. The average molecular weight is 387 g/mol. The summed E-state index contributed by atoms with van der Waals surface area (Å²) >= 11 is 1.51. The van der Waals surface area contributed by atoms with E-state index in [9.17, 15) is 9.18 Å². The van der Waals surface area contributed by atoms with Gasteiger partial charge >= 0.3 is 0 Å². The largest absolute Gasteiger partial charge is 0.497 e. The van der Waals surface area contributed by atoms with Crippen LogP contribution in [0, 0.1) is 5.82 Å². The summed E-state index contributed by atoms with van der Waals surface area (Å²) in [4.78, 5) is 16.9. The second-order valence-corrected chi connectivity index (χ2v) is 7.71. The van der Waals surface area contributed by atoms with Gasteiger partial charge in [-0.2, -0.15) is 0 Å². The van der Waals surface area contributed by atoms with E-state index in [0.717, 1.165) is 23.3 Å². The van der Waals surface area contributed by atoms with Gasteiger partial charge in [-0.1, -0.05) is 30.0 Å². The predicted molar refractivity (Wildman–Crippen MR) is 108 cm³/mol. The number of nitrogens with zero attached hydrogens (tertiary/aromatic N) is 1. The summed E-state index contributed by atoms with van der Waals surface area (Å²) in [6.07, 6.45) is 0.918. The lowest BCUT2D eigenvalue weighted by atomic mass is 9.89. The molecule has 2 aromatic rings. The Hall–Kier alpha value is -2.54. The molecule has 1 heterocycles. The molecule has 1 amide bonds. The maximum atomic E-state index is 14.3. The molecule has 7 heteroatoms. The lowest BCUT2D eigenvalue weighted by molar-refractivity contribution is -0.115. The van der Waals surface area contributed by atoms with E-state index in [0.29, 0.717) is 10.9 Å². The van der Waals surface area contributed by atoms with Crippen LogP contribution in [0.15, 0.2) is 47.5 Å². The van der Waals surface area contributed by atoms with Crippen molar-refractivity contribution in [3.8, 4) is 5.75 Å². The van der Waals surface area contributed by atoms with Gasteiger partial charge in [0.05, 0.1) is 24.8 Å². The molecule has 2 aromatic carbocycles. The number of anilines is 1. The van der Waals surface area contributed by atoms with Gasteiger partial charge < -0.3 is 15.8 Å². The van der Waals surface area contributed by atoms with Crippen LogP contribution >= 0.6 is 11.8 Å². The summed E-state index contributed by atoms with van der Waals surface area (Å²) in [5.74, 6) is 0.739. The second-order valence-electron chi connectivity index (χ2n) is 6.59. The van der Waals surface area contributed by atoms with Crippen molar-refractivity contribution >= 4 is 28.5 Å². The molecule has 0 spiro atoms. The normalized spacial score (nSPS) is 19.3. The monoisotopic (exact) mass is 387 g/mol. The minimum atomic E-state index is -0.519. The third-order valence-corrected chi connectivity index (χ3v) is 5.35. The Labute approximate surface area is 162 Å². The van der Waals surface area contributed by atoms with Crippen molar-refractivity contribution in [3.05, 3.63) is 59.4 Å². The Morgan fingerprint density at radius 2 is 2.19 bits per heavy atom. The van der Waals surface area contributed by atoms with Crippen LogP contribution in [0.5, 0.6) is 5.75 Å². The molecule has 0 saturated carbocycles. The van der Waals surface area contributed by atoms with E-state index in [1.165, 1.54) is 17.8 Å². The highest BCUT2D eigenvalue weighted by Gasteiger charge is 2.30. The van der Waals surface area contributed by atoms with Crippen molar-refractivity contribution in [2.75, 3.05) is 18.2 Å². The molecule has 0 aliphatic carbocycles. The molecule has 0 fully saturated rings. The number of nitrogens with one attached hydrogen (secondary N) is 1. The van der Waals surface area contributed by atoms with Crippen LogP contribution in [0.4, 0.5) is 10.1 Å². The predicted octanol–water partition coefficient (Wildman–Crippen LogP) is 3.68. The van der Waals surface area contributed by atoms with Crippen LogP contribution < -0.4 is 15.8 Å². The number of hydrogen-bond donors (Lipinski definition) is 2. The van der Waals surface area contributed by atoms with Crippen molar-refractivity contribution in [2.24, 2.45) is 10.7 Å². The Morgan fingerprint density at radius 3 is 2.93 bits per heavy atom. The van der Waals surface area contributed by atoms with Gasteiger partial charge in [-0.3, -0.25) is 9.79 Å². The number of carbonyl (C=O) groups excluding carboxylic acids is 1. The first kappa shape index (κ1) is 19.2. The number of carbonyl (C=O) groups is 1. The fraction of sp³-hybridized carbons (Fsp3) is 0.300. The smallest absolute Gasteiger partial charge is 0.228 e. The molecule has 3 rings (SSSR count). The van der Waals surface area contributed by atoms with Crippen molar-refractivity contribution in [1.82, 2.24) is 0 Å². The number of halogens is 1. The van der Waals surface area contributed by atoms with E-state index in [4.69, 9.17) is 10.5 Å². The molecular weight excluding hydrogens is 365 g/mol. The van der Waals surface area contributed by atoms with Crippen LogP contribution in [0.3, 0.4) is 0 Å². The first-order valence-corrected chi connectivity index (χ1v) is 9.59. The van der Waals surface area contributed by atoms with E-state index in [1.54, 1.807) is 31.4 Å². The van der Waals surface area contributed by atoms with Crippen LogP contribution in [0.25, 0.3) is 0 Å². The Balaban J connectivity index is 1.78. The molecule has 1 aliphatic rings. The van der Waals surface area contributed by atoms with E-state index < -0.39 is 11.4 Å². The summed E-state index contributed by atoms with van der Waals surface area (Å²) in [7, 11) is 1.57. The van der Waals surface area contributed by atoms with Gasteiger partial charge in [0.15, 0.2) is 5.17 Å². The maximum absolute atomic E-state index is 14.3. The molecule has 142 valence electrons. The Morgan fingerprint density at radius 1 is 1.37 bits per heavy atom. The summed E-state index contributed by atoms with van der Waals surface area (Å²) in [5.41, 5.74) is 7.11. The number of hydrogen-bond acceptors (Lipinski definition) is 5. The Kier molecular flexibility index (Phi) is 5.70. The molecule has 1 unspecified atom stereocenters. The fourth-order valence-electron chi connectivity index (χ4n) is 3.01. The van der Waals surface area contributed by atoms with Crippen LogP contribution in [-0.2, 0) is 16.8 Å². The van der Waals surface area contributed by atoms with Crippen LogP contribution in [0.2, 0.25) is 0 Å². The number of methoxy groups -OCH3 is 1. The van der Waals surface area contributed by atoms with E-state index in [-0.39, 0.29) is 18.0 Å². The van der Waals surface area contributed by atoms with Gasteiger partial charge in [0.1, 0.15) is 11.6 Å². The number of ether oxygens (including phenoxy) is 1. The van der Waals surface area contributed by atoms with E-state index in [1.807, 2.05) is 19.1 Å². The third kappa shape index (κ3) is 4.60. The highest BCUT2D eigenvalue weighted by atomic mass is 32.2. The van der Waals surface area contributed by atoms with Gasteiger partial charge in [0.2, 0.25) is 5.91 Å². The first-order chi connectivity index (χ1) is 12.9. The fourth-order valence-corrected chi connectivity index (χ4v) is 3.99. The zero-order valence-electron chi connectivity index (χ0n) is 15.3. The van der Waals surface area contributed by atoms with E-state index in [2.05, 4.69) is 10.3 Å². The van der Waals surface area contributed by atoms with Crippen molar-refractivity contribution < 1.29 is 13.9 Å². The zero-order valence-corrected chi connectivity index (χ0v) is 16.1. The molecule has 3 N–H and O–H groups in total. The van der Waals surface area contributed by atoms with Crippen LogP contribution in [0.1, 0.15) is 24.5 Å². The molecule has 0 saturated heterocycles.